The summed E-state index contributed by atoms with van der Waals surface area (Å²) in [5.74, 6) is 1.28. The van der Waals surface area contributed by atoms with Gasteiger partial charge in [-0.2, -0.15) is 0 Å². The minimum Gasteiger partial charge on any atom is -0.350 e. The van der Waals surface area contributed by atoms with Gasteiger partial charge in [0.15, 0.2) is 0 Å². The SMILES string of the molecule is Cc1cc(C(C)NC(=O)CC(C)C2CCCNC2)c(C)s1.Cl. The molecule has 1 fully saturated rings. The van der Waals surface area contributed by atoms with Gasteiger partial charge in [-0.1, -0.05) is 6.92 Å². The molecule has 1 aliphatic rings. The van der Waals surface area contributed by atoms with Gasteiger partial charge in [0.2, 0.25) is 5.91 Å². The Morgan fingerprint density at radius 3 is 2.73 bits per heavy atom. The van der Waals surface area contributed by atoms with Crippen LogP contribution in [0.5, 0.6) is 0 Å². The molecule has 2 N–H and O–H groups in total. The number of halogens is 1. The highest BCUT2D eigenvalue weighted by Gasteiger charge is 2.23. The molecule has 3 atom stereocenters. The van der Waals surface area contributed by atoms with Crippen molar-refractivity contribution in [2.24, 2.45) is 11.8 Å². The summed E-state index contributed by atoms with van der Waals surface area (Å²) in [6.07, 6.45) is 3.12. The first kappa shape index (κ1) is 19.5. The van der Waals surface area contributed by atoms with Crippen LogP contribution >= 0.6 is 23.7 Å². The van der Waals surface area contributed by atoms with Crippen molar-refractivity contribution in [1.82, 2.24) is 10.6 Å². The topological polar surface area (TPSA) is 41.1 Å². The summed E-state index contributed by atoms with van der Waals surface area (Å²) in [4.78, 5) is 14.9. The van der Waals surface area contributed by atoms with Crippen molar-refractivity contribution in [3.63, 3.8) is 0 Å². The summed E-state index contributed by atoms with van der Waals surface area (Å²) in [6, 6.07) is 2.30. The lowest BCUT2D eigenvalue weighted by molar-refractivity contribution is -0.123. The van der Waals surface area contributed by atoms with E-state index in [0.29, 0.717) is 18.3 Å². The molecule has 1 aromatic rings. The van der Waals surface area contributed by atoms with E-state index in [1.54, 1.807) is 11.3 Å². The van der Waals surface area contributed by atoms with Crippen LogP contribution in [0.1, 0.15) is 54.5 Å². The average Bonchev–Trinajstić information content (AvgIpc) is 2.78. The lowest BCUT2D eigenvalue weighted by atomic mass is 9.85. The lowest BCUT2D eigenvalue weighted by Crippen LogP contribution is -2.36. The van der Waals surface area contributed by atoms with Gasteiger partial charge < -0.3 is 10.6 Å². The van der Waals surface area contributed by atoms with Gasteiger partial charge in [0.05, 0.1) is 6.04 Å². The maximum atomic E-state index is 12.3. The third-order valence-corrected chi connectivity index (χ3v) is 5.55. The molecule has 0 radical (unpaired) electrons. The van der Waals surface area contributed by atoms with E-state index in [0.717, 1.165) is 13.1 Å². The summed E-state index contributed by atoms with van der Waals surface area (Å²) >= 11 is 1.80. The Kier molecular flexibility index (Phi) is 7.87. The predicted molar refractivity (Wildman–Crippen MR) is 97.0 cm³/mol. The molecule has 126 valence electrons. The van der Waals surface area contributed by atoms with E-state index in [-0.39, 0.29) is 24.4 Å². The standard InChI is InChI=1S/C17H28N2OS.ClH/c1-11(15-6-5-7-18-10-15)8-17(20)19-13(3)16-9-12(2)21-14(16)4;/h9,11,13,15,18H,5-8,10H2,1-4H3,(H,19,20);1H. The number of hydrogen-bond donors (Lipinski definition) is 2. The molecule has 5 heteroatoms. The fourth-order valence-corrected chi connectivity index (χ4v) is 4.30. The molecular formula is C17H29ClN2OS. The number of nitrogens with one attached hydrogen (secondary N) is 2. The van der Waals surface area contributed by atoms with Gasteiger partial charge in [0, 0.05) is 16.2 Å². The fourth-order valence-electron chi connectivity index (χ4n) is 3.28. The summed E-state index contributed by atoms with van der Waals surface area (Å²) in [5, 5.41) is 6.60. The Morgan fingerprint density at radius 2 is 2.18 bits per heavy atom. The second kappa shape index (κ2) is 8.90. The number of carbonyl (C=O) groups excluding carboxylic acids is 1. The van der Waals surface area contributed by atoms with Crippen LogP contribution in [-0.4, -0.2) is 19.0 Å². The Balaban J connectivity index is 0.00000242. The molecule has 0 saturated carbocycles. The molecule has 22 heavy (non-hydrogen) atoms. The van der Waals surface area contributed by atoms with Crippen LogP contribution in [0, 0.1) is 25.7 Å². The van der Waals surface area contributed by atoms with Crippen molar-refractivity contribution in [2.45, 2.75) is 53.0 Å². The monoisotopic (exact) mass is 344 g/mol. The van der Waals surface area contributed by atoms with E-state index in [9.17, 15) is 4.79 Å². The highest BCUT2D eigenvalue weighted by Crippen LogP contribution is 2.27. The van der Waals surface area contributed by atoms with Crippen LogP contribution in [-0.2, 0) is 4.79 Å². The molecule has 3 unspecified atom stereocenters. The Bertz CT molecular complexity index is 483. The molecule has 2 heterocycles. The zero-order valence-electron chi connectivity index (χ0n) is 14.1. The van der Waals surface area contributed by atoms with Gasteiger partial charge in [0.1, 0.15) is 0 Å². The maximum Gasteiger partial charge on any atom is 0.220 e. The van der Waals surface area contributed by atoms with Crippen LogP contribution in [0.3, 0.4) is 0 Å². The van der Waals surface area contributed by atoms with E-state index in [1.165, 1.54) is 28.2 Å². The average molecular weight is 345 g/mol. The first-order valence-electron chi connectivity index (χ1n) is 8.04. The predicted octanol–water partition coefficient (Wildman–Crippen LogP) is 3.99. The highest BCUT2D eigenvalue weighted by atomic mass is 35.5. The summed E-state index contributed by atoms with van der Waals surface area (Å²) < 4.78 is 0. The summed E-state index contributed by atoms with van der Waals surface area (Å²) in [7, 11) is 0. The van der Waals surface area contributed by atoms with Crippen molar-refractivity contribution in [2.75, 3.05) is 13.1 Å². The first-order valence-corrected chi connectivity index (χ1v) is 8.86. The zero-order chi connectivity index (χ0) is 15.4. The van der Waals surface area contributed by atoms with E-state index < -0.39 is 0 Å². The third kappa shape index (κ3) is 5.25. The number of thiophene rings is 1. The van der Waals surface area contributed by atoms with Crippen molar-refractivity contribution in [3.05, 3.63) is 21.4 Å². The van der Waals surface area contributed by atoms with Gasteiger partial charge >= 0.3 is 0 Å². The van der Waals surface area contributed by atoms with E-state index >= 15 is 0 Å². The smallest absolute Gasteiger partial charge is 0.220 e. The molecule has 0 aliphatic carbocycles. The van der Waals surface area contributed by atoms with E-state index in [1.807, 2.05) is 0 Å². The number of carbonyl (C=O) groups is 1. The molecular weight excluding hydrogens is 316 g/mol. The molecule has 1 aromatic heterocycles. The lowest BCUT2D eigenvalue weighted by Gasteiger charge is -2.28. The van der Waals surface area contributed by atoms with Gasteiger partial charge in [-0.15, -0.1) is 23.7 Å². The Hall–Kier alpha value is -0.580. The Labute approximate surface area is 144 Å². The van der Waals surface area contributed by atoms with Crippen LogP contribution in [0.25, 0.3) is 0 Å². The van der Waals surface area contributed by atoms with Gasteiger partial charge in [-0.25, -0.2) is 0 Å². The number of amides is 1. The largest absolute Gasteiger partial charge is 0.350 e. The molecule has 1 amide bonds. The van der Waals surface area contributed by atoms with Crippen LogP contribution in [0.2, 0.25) is 0 Å². The third-order valence-electron chi connectivity index (χ3n) is 4.57. The molecule has 1 aliphatic heterocycles. The molecule has 0 spiro atoms. The molecule has 3 nitrogen and oxygen atoms in total. The van der Waals surface area contributed by atoms with E-state index in [4.69, 9.17) is 0 Å². The van der Waals surface area contributed by atoms with Crippen molar-refractivity contribution in [1.29, 1.82) is 0 Å². The second-order valence-electron chi connectivity index (χ2n) is 6.45. The van der Waals surface area contributed by atoms with Crippen molar-refractivity contribution >= 4 is 29.7 Å². The number of rotatable bonds is 5. The van der Waals surface area contributed by atoms with Gasteiger partial charge in [-0.05, 0) is 70.2 Å². The van der Waals surface area contributed by atoms with Crippen LogP contribution in [0.15, 0.2) is 6.07 Å². The second-order valence-corrected chi connectivity index (χ2v) is 7.91. The number of aryl methyl sites for hydroxylation is 2. The quantitative estimate of drug-likeness (QED) is 0.848. The molecule has 0 bridgehead atoms. The van der Waals surface area contributed by atoms with E-state index in [2.05, 4.69) is 44.4 Å². The minimum absolute atomic E-state index is 0. The normalized spacial score (nSPS) is 20.8. The Morgan fingerprint density at radius 1 is 1.45 bits per heavy atom. The molecule has 2 rings (SSSR count). The number of piperidine rings is 1. The van der Waals surface area contributed by atoms with Crippen LogP contribution < -0.4 is 10.6 Å². The zero-order valence-corrected chi connectivity index (χ0v) is 15.7. The molecule has 0 aromatic carbocycles. The number of hydrogen-bond acceptors (Lipinski definition) is 3. The van der Waals surface area contributed by atoms with Crippen LogP contribution in [0.4, 0.5) is 0 Å². The summed E-state index contributed by atoms with van der Waals surface area (Å²) in [5.41, 5.74) is 1.26. The maximum absolute atomic E-state index is 12.3. The highest BCUT2D eigenvalue weighted by molar-refractivity contribution is 7.12. The molecule has 1 saturated heterocycles. The van der Waals surface area contributed by atoms with Gasteiger partial charge in [-0.3, -0.25) is 4.79 Å². The van der Waals surface area contributed by atoms with Crippen molar-refractivity contribution in [3.8, 4) is 0 Å². The fraction of sp³-hybridized carbons (Fsp3) is 0.706. The minimum atomic E-state index is 0. The summed E-state index contributed by atoms with van der Waals surface area (Å²) in [6.45, 7) is 10.7. The van der Waals surface area contributed by atoms with Crippen molar-refractivity contribution < 1.29 is 4.79 Å². The van der Waals surface area contributed by atoms with Gasteiger partial charge in [0.25, 0.3) is 0 Å². The first-order chi connectivity index (χ1) is 9.97.